The summed E-state index contributed by atoms with van der Waals surface area (Å²) in [7, 11) is -3.73. The number of hydrogen-bond acceptors (Lipinski definition) is 3. The third-order valence-electron chi connectivity index (χ3n) is 2.10. The van der Waals surface area contributed by atoms with Gasteiger partial charge in [0.1, 0.15) is 17.3 Å². The van der Waals surface area contributed by atoms with Crippen LogP contribution in [0.1, 0.15) is 0 Å². The Morgan fingerprint density at radius 1 is 1.33 bits per heavy atom. The van der Waals surface area contributed by atoms with Gasteiger partial charge in [0, 0.05) is 7.05 Å². The van der Waals surface area contributed by atoms with Crippen molar-refractivity contribution in [3.8, 4) is 0 Å². The molecule has 0 aromatic heterocycles. The molecule has 0 bridgehead atoms. The Balaban J connectivity index is 3.18. The van der Waals surface area contributed by atoms with Crippen LogP contribution in [0.25, 0.3) is 0 Å². The Hall–Kier alpha value is -1.35. The zero-order chi connectivity index (χ0) is 14.1. The molecule has 9 heteroatoms. The smallest absolute Gasteiger partial charge is 0.395 e. The maximum absolute atomic E-state index is 13.1. The van der Waals surface area contributed by atoms with Crippen LogP contribution < -0.4 is 5.73 Å². The van der Waals surface area contributed by atoms with E-state index >= 15 is 0 Å². The van der Waals surface area contributed by atoms with E-state index in [1.807, 2.05) is 0 Å². The number of alkyl halides is 3. The van der Waals surface area contributed by atoms with Crippen LogP contribution in [0.2, 0.25) is 0 Å². The van der Waals surface area contributed by atoms with Crippen molar-refractivity contribution in [1.82, 2.24) is 4.31 Å². The molecule has 0 aliphatic rings. The van der Waals surface area contributed by atoms with Gasteiger partial charge >= 0.3 is 6.18 Å². The average Bonchev–Trinajstić information content (AvgIpc) is 2.19. The van der Waals surface area contributed by atoms with Gasteiger partial charge in [0.2, 0.25) is 10.0 Å². The number of nitrogen functional groups attached to an aromatic ring is 1. The SMILES string of the molecule is CN(CC(F)(F)F)S(=O)(=O)c1cccc(F)c1N. The number of para-hydroxylation sites is 1. The second-order valence-corrected chi connectivity index (χ2v) is 5.54. The Bertz CT molecular complexity index is 542. The summed E-state index contributed by atoms with van der Waals surface area (Å²) in [6, 6.07) is 2.92. The van der Waals surface area contributed by atoms with E-state index in [1.54, 1.807) is 0 Å². The van der Waals surface area contributed by atoms with Crippen molar-refractivity contribution in [1.29, 1.82) is 0 Å². The number of sulfonamides is 1. The van der Waals surface area contributed by atoms with Crippen molar-refractivity contribution < 1.29 is 26.0 Å². The van der Waals surface area contributed by atoms with Gasteiger partial charge in [-0.25, -0.2) is 12.8 Å². The predicted molar refractivity (Wildman–Crippen MR) is 56.7 cm³/mol. The lowest BCUT2D eigenvalue weighted by molar-refractivity contribution is -0.134. The minimum atomic E-state index is -4.69. The fraction of sp³-hybridized carbons (Fsp3) is 0.333. The standard InChI is InChI=1S/C9H10F4N2O2S/c1-15(5-9(11,12)13)18(16,17)7-4-2-3-6(10)8(7)14/h2-4H,5,14H2,1H3. The van der Waals surface area contributed by atoms with Gasteiger partial charge in [-0.15, -0.1) is 0 Å². The molecule has 0 saturated heterocycles. The number of nitrogens with two attached hydrogens (primary N) is 1. The van der Waals surface area contributed by atoms with Crippen molar-refractivity contribution in [2.75, 3.05) is 19.3 Å². The summed E-state index contributed by atoms with van der Waals surface area (Å²) in [5.74, 6) is -1.00. The lowest BCUT2D eigenvalue weighted by atomic mass is 10.3. The van der Waals surface area contributed by atoms with Crippen molar-refractivity contribution in [2.45, 2.75) is 11.1 Å². The molecule has 0 radical (unpaired) electrons. The van der Waals surface area contributed by atoms with Crippen LogP contribution >= 0.6 is 0 Å². The van der Waals surface area contributed by atoms with Gasteiger partial charge < -0.3 is 5.73 Å². The van der Waals surface area contributed by atoms with Crippen molar-refractivity contribution in [3.63, 3.8) is 0 Å². The zero-order valence-corrected chi connectivity index (χ0v) is 10.0. The minimum absolute atomic E-state index is 0.0676. The molecule has 0 heterocycles. The lowest BCUT2D eigenvalue weighted by Crippen LogP contribution is -2.36. The summed E-state index contributed by atoms with van der Waals surface area (Å²) in [6.07, 6.45) is -4.69. The molecule has 1 aromatic rings. The lowest BCUT2D eigenvalue weighted by Gasteiger charge is -2.19. The van der Waals surface area contributed by atoms with E-state index in [0.717, 1.165) is 25.2 Å². The molecular weight excluding hydrogens is 276 g/mol. The van der Waals surface area contributed by atoms with E-state index in [1.165, 1.54) is 0 Å². The van der Waals surface area contributed by atoms with Crippen LogP contribution in [0.4, 0.5) is 23.2 Å². The molecule has 0 aliphatic carbocycles. The van der Waals surface area contributed by atoms with E-state index in [4.69, 9.17) is 5.73 Å². The summed E-state index contributed by atoms with van der Waals surface area (Å²) in [5.41, 5.74) is 4.51. The van der Waals surface area contributed by atoms with Gasteiger partial charge in [0.05, 0.1) is 5.69 Å². The third kappa shape index (κ3) is 3.10. The summed E-state index contributed by atoms with van der Waals surface area (Å²) >= 11 is 0. The Morgan fingerprint density at radius 3 is 2.39 bits per heavy atom. The molecular formula is C9H10F4N2O2S. The maximum Gasteiger partial charge on any atom is 0.402 e. The van der Waals surface area contributed by atoms with Gasteiger partial charge in [-0.1, -0.05) is 6.07 Å². The first-order valence-electron chi connectivity index (χ1n) is 4.63. The highest BCUT2D eigenvalue weighted by Crippen LogP contribution is 2.26. The van der Waals surface area contributed by atoms with Crippen LogP contribution in [0.15, 0.2) is 23.1 Å². The number of hydrogen-bond donors (Lipinski definition) is 1. The monoisotopic (exact) mass is 286 g/mol. The average molecular weight is 286 g/mol. The molecule has 4 nitrogen and oxygen atoms in total. The topological polar surface area (TPSA) is 63.4 Å². The molecule has 0 aliphatic heterocycles. The summed E-state index contributed by atoms with van der Waals surface area (Å²) < 4.78 is 73.0. The Morgan fingerprint density at radius 2 is 1.89 bits per heavy atom. The summed E-state index contributed by atoms with van der Waals surface area (Å²) in [6.45, 7) is -1.68. The van der Waals surface area contributed by atoms with Crippen LogP contribution in [0.5, 0.6) is 0 Å². The molecule has 1 rings (SSSR count). The first-order valence-corrected chi connectivity index (χ1v) is 6.07. The van der Waals surface area contributed by atoms with Crippen LogP contribution in [0.3, 0.4) is 0 Å². The molecule has 18 heavy (non-hydrogen) atoms. The summed E-state index contributed by atoms with van der Waals surface area (Å²) in [5, 5.41) is 0. The van der Waals surface area contributed by atoms with Crippen LogP contribution in [-0.2, 0) is 10.0 Å². The molecule has 0 fully saturated rings. The van der Waals surface area contributed by atoms with Gasteiger partial charge in [-0.3, -0.25) is 0 Å². The highest BCUT2D eigenvalue weighted by atomic mass is 32.2. The van der Waals surface area contributed by atoms with E-state index in [9.17, 15) is 26.0 Å². The van der Waals surface area contributed by atoms with Crippen molar-refractivity contribution in [3.05, 3.63) is 24.0 Å². The van der Waals surface area contributed by atoms with E-state index in [0.29, 0.717) is 0 Å². The first kappa shape index (κ1) is 14.7. The van der Waals surface area contributed by atoms with E-state index in [2.05, 4.69) is 0 Å². The van der Waals surface area contributed by atoms with E-state index in [-0.39, 0.29) is 4.31 Å². The fourth-order valence-electron chi connectivity index (χ4n) is 1.25. The normalized spacial score (nSPS) is 13.0. The molecule has 0 spiro atoms. The molecule has 102 valence electrons. The fourth-order valence-corrected chi connectivity index (χ4v) is 2.53. The van der Waals surface area contributed by atoms with Crippen molar-refractivity contribution in [2.24, 2.45) is 0 Å². The van der Waals surface area contributed by atoms with Crippen molar-refractivity contribution >= 4 is 15.7 Å². The summed E-state index contributed by atoms with van der Waals surface area (Å²) in [4.78, 5) is -0.686. The van der Waals surface area contributed by atoms with Crippen LogP contribution in [-0.4, -0.2) is 32.5 Å². The van der Waals surface area contributed by atoms with Gasteiger partial charge in [0.15, 0.2) is 0 Å². The van der Waals surface area contributed by atoms with Gasteiger partial charge in [-0.05, 0) is 12.1 Å². The molecule has 0 atom stereocenters. The highest BCUT2D eigenvalue weighted by molar-refractivity contribution is 7.89. The van der Waals surface area contributed by atoms with Gasteiger partial charge in [-0.2, -0.15) is 17.5 Å². The highest BCUT2D eigenvalue weighted by Gasteiger charge is 2.35. The zero-order valence-electron chi connectivity index (χ0n) is 9.20. The van der Waals surface area contributed by atoms with Gasteiger partial charge in [0.25, 0.3) is 0 Å². The Kier molecular flexibility index (Phi) is 3.86. The number of anilines is 1. The predicted octanol–water partition coefficient (Wildman–Crippen LogP) is 1.59. The third-order valence-corrected chi connectivity index (χ3v) is 3.96. The molecule has 0 unspecified atom stereocenters. The quantitative estimate of drug-likeness (QED) is 0.678. The number of nitrogens with zero attached hydrogens (tertiary/aromatic N) is 1. The number of halogens is 4. The van der Waals surface area contributed by atoms with Crippen LogP contribution in [0, 0.1) is 5.82 Å². The number of rotatable bonds is 3. The minimum Gasteiger partial charge on any atom is -0.395 e. The molecule has 0 amide bonds. The Labute approximate surface area is 101 Å². The molecule has 2 N–H and O–H groups in total. The molecule has 1 aromatic carbocycles. The first-order chi connectivity index (χ1) is 8.05. The number of benzene rings is 1. The largest absolute Gasteiger partial charge is 0.402 e. The second kappa shape index (κ2) is 4.73. The second-order valence-electron chi connectivity index (χ2n) is 3.53. The molecule has 0 saturated carbocycles. The maximum atomic E-state index is 13.1. The van der Waals surface area contributed by atoms with E-state index < -0.39 is 39.1 Å².